The Labute approximate surface area is 137 Å². The van der Waals surface area contributed by atoms with E-state index in [1.165, 1.54) is 11.1 Å². The van der Waals surface area contributed by atoms with Gasteiger partial charge in [-0.3, -0.25) is 9.59 Å². The molecule has 1 aromatic rings. The molecule has 1 amide bonds. The fourth-order valence-electron chi connectivity index (χ4n) is 4.20. The average Bonchev–Trinajstić information content (AvgIpc) is 2.55. The van der Waals surface area contributed by atoms with Gasteiger partial charge in [0.2, 0.25) is 5.91 Å². The van der Waals surface area contributed by atoms with E-state index in [9.17, 15) is 14.7 Å². The van der Waals surface area contributed by atoms with E-state index in [2.05, 4.69) is 24.4 Å². The summed E-state index contributed by atoms with van der Waals surface area (Å²) in [7, 11) is 0. The number of rotatable bonds is 3. The minimum atomic E-state index is -0.767. The summed E-state index contributed by atoms with van der Waals surface area (Å²) in [5.41, 5.74) is 2.20. The van der Waals surface area contributed by atoms with Crippen molar-refractivity contribution in [2.24, 2.45) is 11.8 Å². The van der Waals surface area contributed by atoms with Crippen molar-refractivity contribution in [2.75, 3.05) is 0 Å². The maximum Gasteiger partial charge on any atom is 0.306 e. The van der Waals surface area contributed by atoms with Gasteiger partial charge in [0, 0.05) is 5.92 Å². The van der Waals surface area contributed by atoms with Crippen LogP contribution in [-0.2, 0) is 21.5 Å². The molecule has 2 N–H and O–H groups in total. The van der Waals surface area contributed by atoms with Crippen molar-refractivity contribution in [1.82, 2.24) is 5.32 Å². The zero-order valence-electron chi connectivity index (χ0n) is 13.7. The van der Waals surface area contributed by atoms with Gasteiger partial charge in [-0.2, -0.15) is 0 Å². The van der Waals surface area contributed by atoms with Crippen molar-refractivity contribution in [2.45, 2.75) is 57.4 Å². The number of aryl methyl sites for hydroxylation is 1. The van der Waals surface area contributed by atoms with E-state index in [1.54, 1.807) is 0 Å². The summed E-state index contributed by atoms with van der Waals surface area (Å²) in [4.78, 5) is 24.0. The Kier molecular flexibility index (Phi) is 4.42. The third-order valence-electron chi connectivity index (χ3n) is 5.53. The number of amides is 1. The second kappa shape index (κ2) is 6.34. The molecule has 1 aromatic carbocycles. The summed E-state index contributed by atoms with van der Waals surface area (Å²) in [5.74, 6) is -1.28. The van der Waals surface area contributed by atoms with Crippen LogP contribution >= 0.6 is 0 Å². The summed E-state index contributed by atoms with van der Waals surface area (Å²) in [6.07, 6.45) is 5.85. The lowest BCUT2D eigenvalue weighted by Gasteiger charge is -2.38. The fraction of sp³-hybridized carbons (Fsp3) is 0.579. The summed E-state index contributed by atoms with van der Waals surface area (Å²) in [5, 5.41) is 12.5. The highest BCUT2D eigenvalue weighted by molar-refractivity contribution is 5.81. The lowest BCUT2D eigenvalue weighted by molar-refractivity contribution is -0.144. The van der Waals surface area contributed by atoms with Crippen LogP contribution in [0, 0.1) is 11.8 Å². The monoisotopic (exact) mass is 315 g/mol. The molecule has 0 saturated heterocycles. The molecular weight excluding hydrogens is 290 g/mol. The van der Waals surface area contributed by atoms with E-state index in [0.717, 1.165) is 32.1 Å². The minimum Gasteiger partial charge on any atom is -0.481 e. The zero-order valence-corrected chi connectivity index (χ0v) is 13.7. The van der Waals surface area contributed by atoms with Crippen LogP contribution < -0.4 is 5.32 Å². The predicted octanol–water partition coefficient (Wildman–Crippen LogP) is 3.25. The van der Waals surface area contributed by atoms with Crippen LogP contribution in [0.1, 0.15) is 56.6 Å². The summed E-state index contributed by atoms with van der Waals surface area (Å²) < 4.78 is 0. The van der Waals surface area contributed by atoms with E-state index < -0.39 is 5.97 Å². The molecule has 23 heavy (non-hydrogen) atoms. The Balaban J connectivity index is 1.74. The van der Waals surface area contributed by atoms with E-state index in [4.69, 9.17) is 0 Å². The van der Waals surface area contributed by atoms with Crippen LogP contribution in [0.2, 0.25) is 0 Å². The van der Waals surface area contributed by atoms with Gasteiger partial charge in [-0.15, -0.1) is 0 Å². The van der Waals surface area contributed by atoms with E-state index >= 15 is 0 Å². The summed E-state index contributed by atoms with van der Waals surface area (Å²) in [6, 6.07) is 8.32. The minimum absolute atomic E-state index is 0.0233. The number of fused-ring (bicyclic) bond motifs is 1. The molecule has 0 aliphatic heterocycles. The number of carboxylic acid groups (broad SMARTS) is 1. The highest BCUT2D eigenvalue weighted by Crippen LogP contribution is 2.36. The van der Waals surface area contributed by atoms with Crippen LogP contribution in [0.3, 0.4) is 0 Å². The second-order valence-electron chi connectivity index (χ2n) is 7.23. The molecule has 0 bridgehead atoms. The molecule has 4 heteroatoms. The summed E-state index contributed by atoms with van der Waals surface area (Å²) in [6.45, 7) is 2.10. The lowest BCUT2D eigenvalue weighted by atomic mass is 9.76. The van der Waals surface area contributed by atoms with Crippen molar-refractivity contribution in [3.63, 3.8) is 0 Å². The largest absolute Gasteiger partial charge is 0.481 e. The first kappa shape index (κ1) is 16.0. The van der Waals surface area contributed by atoms with Crippen LogP contribution in [0.25, 0.3) is 0 Å². The molecule has 124 valence electrons. The van der Waals surface area contributed by atoms with Gasteiger partial charge in [0.1, 0.15) is 0 Å². The molecule has 0 spiro atoms. The number of carbonyl (C=O) groups excluding carboxylic acids is 1. The third kappa shape index (κ3) is 3.26. The number of benzene rings is 1. The van der Waals surface area contributed by atoms with Crippen LogP contribution in [-0.4, -0.2) is 17.0 Å². The van der Waals surface area contributed by atoms with Gasteiger partial charge >= 0.3 is 5.97 Å². The van der Waals surface area contributed by atoms with Gasteiger partial charge in [-0.1, -0.05) is 30.7 Å². The first-order chi connectivity index (χ1) is 11.0. The molecule has 1 saturated carbocycles. The van der Waals surface area contributed by atoms with Crippen molar-refractivity contribution in [3.05, 3.63) is 35.4 Å². The number of hydrogen-bond acceptors (Lipinski definition) is 2. The fourth-order valence-corrected chi connectivity index (χ4v) is 4.20. The number of nitrogens with one attached hydrogen (secondary N) is 1. The number of carbonyl (C=O) groups is 2. The number of aliphatic carboxylic acids is 1. The Hall–Kier alpha value is -1.84. The molecule has 2 aliphatic carbocycles. The first-order valence-corrected chi connectivity index (χ1v) is 8.63. The van der Waals surface area contributed by atoms with Crippen LogP contribution in [0.5, 0.6) is 0 Å². The van der Waals surface area contributed by atoms with Crippen LogP contribution in [0.15, 0.2) is 24.3 Å². The van der Waals surface area contributed by atoms with Gasteiger partial charge in [-0.25, -0.2) is 0 Å². The SMILES string of the molecule is CC1(NC(=O)C2CCCC(C(=O)O)C2)CCCc2ccccc21. The molecule has 1 fully saturated rings. The van der Waals surface area contributed by atoms with Crippen LogP contribution in [0.4, 0.5) is 0 Å². The topological polar surface area (TPSA) is 66.4 Å². The molecule has 0 radical (unpaired) electrons. The van der Waals surface area contributed by atoms with Gasteiger partial charge in [0.15, 0.2) is 0 Å². The van der Waals surface area contributed by atoms with Crippen molar-refractivity contribution >= 4 is 11.9 Å². The standard InChI is InChI=1S/C19H25NO3/c1-19(11-5-9-13-6-2-3-10-16(13)19)20-17(21)14-7-4-8-15(12-14)18(22)23/h2-3,6,10,14-15H,4-5,7-9,11-12H2,1H3,(H,20,21)(H,22,23). The molecule has 4 nitrogen and oxygen atoms in total. The maximum absolute atomic E-state index is 12.7. The molecule has 3 rings (SSSR count). The first-order valence-electron chi connectivity index (χ1n) is 8.63. The highest BCUT2D eigenvalue weighted by atomic mass is 16.4. The maximum atomic E-state index is 12.7. The summed E-state index contributed by atoms with van der Waals surface area (Å²) >= 11 is 0. The Bertz CT molecular complexity index is 612. The highest BCUT2D eigenvalue weighted by Gasteiger charge is 2.37. The average molecular weight is 315 g/mol. The zero-order chi connectivity index (χ0) is 16.4. The number of carboxylic acids is 1. The molecule has 0 heterocycles. The van der Waals surface area contributed by atoms with Gasteiger partial charge in [-0.05, 0) is 56.6 Å². The molecular formula is C19H25NO3. The molecule has 0 aromatic heterocycles. The second-order valence-corrected chi connectivity index (χ2v) is 7.23. The van der Waals surface area contributed by atoms with Crippen molar-refractivity contribution in [1.29, 1.82) is 0 Å². The Morgan fingerprint density at radius 3 is 2.70 bits per heavy atom. The Morgan fingerprint density at radius 2 is 1.91 bits per heavy atom. The predicted molar refractivity (Wildman–Crippen MR) is 88.0 cm³/mol. The van der Waals surface area contributed by atoms with Gasteiger partial charge < -0.3 is 10.4 Å². The van der Waals surface area contributed by atoms with E-state index in [-0.39, 0.29) is 23.3 Å². The smallest absolute Gasteiger partial charge is 0.306 e. The molecule has 3 unspecified atom stereocenters. The van der Waals surface area contributed by atoms with Crippen molar-refractivity contribution < 1.29 is 14.7 Å². The Morgan fingerprint density at radius 1 is 1.17 bits per heavy atom. The van der Waals surface area contributed by atoms with Gasteiger partial charge in [0.05, 0.1) is 11.5 Å². The third-order valence-corrected chi connectivity index (χ3v) is 5.53. The number of hydrogen-bond donors (Lipinski definition) is 2. The molecule has 3 atom stereocenters. The lowest BCUT2D eigenvalue weighted by Crippen LogP contribution is -2.48. The normalized spacial score (nSPS) is 30.3. The van der Waals surface area contributed by atoms with E-state index in [0.29, 0.717) is 12.8 Å². The molecule has 2 aliphatic rings. The van der Waals surface area contributed by atoms with Gasteiger partial charge in [0.25, 0.3) is 0 Å². The van der Waals surface area contributed by atoms with Crippen molar-refractivity contribution in [3.8, 4) is 0 Å². The quantitative estimate of drug-likeness (QED) is 0.900. The van der Waals surface area contributed by atoms with E-state index in [1.807, 2.05) is 12.1 Å².